The summed E-state index contributed by atoms with van der Waals surface area (Å²) >= 11 is 6.01. The zero-order chi connectivity index (χ0) is 12.6. The number of aliphatic hydroxyl groups is 1. The topological polar surface area (TPSA) is 38.7 Å². The zero-order valence-corrected chi connectivity index (χ0v) is 11.0. The number of methoxy groups -OCH3 is 1. The first-order chi connectivity index (χ1) is 7.91. The Labute approximate surface area is 106 Å². The zero-order valence-electron chi connectivity index (χ0n) is 10.3. The summed E-state index contributed by atoms with van der Waals surface area (Å²) < 4.78 is 11.1. The fourth-order valence-corrected chi connectivity index (χ4v) is 1.86. The van der Waals surface area contributed by atoms with E-state index in [1.807, 2.05) is 0 Å². The highest BCUT2D eigenvalue weighted by Gasteiger charge is 2.30. The van der Waals surface area contributed by atoms with Gasteiger partial charge in [-0.2, -0.15) is 0 Å². The van der Waals surface area contributed by atoms with E-state index in [2.05, 4.69) is 0 Å². The molecule has 17 heavy (non-hydrogen) atoms. The van der Waals surface area contributed by atoms with Crippen LogP contribution in [0.5, 0.6) is 11.5 Å². The molecular formula is C13H17ClO3. The maximum atomic E-state index is 10.2. The van der Waals surface area contributed by atoms with Crippen molar-refractivity contribution in [2.45, 2.75) is 38.4 Å². The van der Waals surface area contributed by atoms with Gasteiger partial charge in [0.25, 0.3) is 0 Å². The molecule has 0 aromatic heterocycles. The molecule has 0 heterocycles. The van der Waals surface area contributed by atoms with Crippen molar-refractivity contribution in [2.24, 2.45) is 0 Å². The minimum atomic E-state index is -1.01. The fourth-order valence-electron chi connectivity index (χ4n) is 1.65. The van der Waals surface area contributed by atoms with Crippen LogP contribution in [0.15, 0.2) is 12.1 Å². The minimum Gasteiger partial charge on any atom is -0.493 e. The van der Waals surface area contributed by atoms with Crippen LogP contribution in [0.3, 0.4) is 0 Å². The molecular weight excluding hydrogens is 240 g/mol. The van der Waals surface area contributed by atoms with Gasteiger partial charge in [-0.15, -0.1) is 0 Å². The molecule has 1 N–H and O–H groups in total. The van der Waals surface area contributed by atoms with E-state index in [0.29, 0.717) is 22.1 Å². The average molecular weight is 257 g/mol. The van der Waals surface area contributed by atoms with Gasteiger partial charge in [-0.1, -0.05) is 11.6 Å². The standard InChI is InChI=1S/C13H17ClO3/c1-13(2,15)10-6-8(14)7-11(16-3)12(10)17-9-4-5-9/h6-7,9,15H,4-5H2,1-3H3. The molecule has 1 aliphatic rings. The Balaban J connectivity index is 2.48. The molecule has 3 nitrogen and oxygen atoms in total. The van der Waals surface area contributed by atoms with Crippen molar-refractivity contribution in [1.29, 1.82) is 0 Å². The molecule has 1 aromatic carbocycles. The molecule has 0 bridgehead atoms. The smallest absolute Gasteiger partial charge is 0.167 e. The van der Waals surface area contributed by atoms with E-state index in [9.17, 15) is 5.11 Å². The number of ether oxygens (including phenoxy) is 2. The SMILES string of the molecule is COc1cc(Cl)cc(C(C)(C)O)c1OC1CC1. The first-order valence-electron chi connectivity index (χ1n) is 5.69. The molecule has 0 amide bonds. The third kappa shape index (κ3) is 2.85. The number of benzene rings is 1. The van der Waals surface area contributed by atoms with Crippen LogP contribution >= 0.6 is 11.6 Å². The van der Waals surface area contributed by atoms with Gasteiger partial charge in [0.05, 0.1) is 18.8 Å². The van der Waals surface area contributed by atoms with Crippen LogP contribution in [-0.2, 0) is 5.60 Å². The molecule has 1 saturated carbocycles. The molecule has 1 fully saturated rings. The molecule has 2 rings (SSSR count). The highest BCUT2D eigenvalue weighted by molar-refractivity contribution is 6.30. The normalized spacial score (nSPS) is 15.8. The Bertz CT molecular complexity index is 419. The van der Waals surface area contributed by atoms with Gasteiger partial charge in [-0.3, -0.25) is 0 Å². The van der Waals surface area contributed by atoms with E-state index in [1.54, 1.807) is 33.1 Å². The van der Waals surface area contributed by atoms with Crippen LogP contribution in [0.2, 0.25) is 5.02 Å². The quantitative estimate of drug-likeness (QED) is 0.900. The first kappa shape index (κ1) is 12.5. The third-order valence-electron chi connectivity index (χ3n) is 2.71. The molecule has 0 radical (unpaired) electrons. The van der Waals surface area contributed by atoms with Crippen molar-refractivity contribution >= 4 is 11.6 Å². The largest absolute Gasteiger partial charge is 0.493 e. The van der Waals surface area contributed by atoms with Crippen molar-refractivity contribution in [3.05, 3.63) is 22.7 Å². The second-order valence-electron chi connectivity index (χ2n) is 4.86. The summed E-state index contributed by atoms with van der Waals surface area (Å²) in [6.07, 6.45) is 2.35. The molecule has 0 aliphatic heterocycles. The summed E-state index contributed by atoms with van der Waals surface area (Å²) in [5, 5.41) is 10.7. The number of rotatable bonds is 4. The van der Waals surface area contributed by atoms with E-state index in [-0.39, 0.29) is 6.10 Å². The molecule has 0 atom stereocenters. The number of hydrogen-bond acceptors (Lipinski definition) is 3. The second-order valence-corrected chi connectivity index (χ2v) is 5.30. The van der Waals surface area contributed by atoms with E-state index in [1.165, 1.54) is 0 Å². The summed E-state index contributed by atoms with van der Waals surface area (Å²) in [6, 6.07) is 3.43. The average Bonchev–Trinajstić information content (AvgIpc) is 3.02. The van der Waals surface area contributed by atoms with Gasteiger partial charge in [0, 0.05) is 16.7 Å². The second kappa shape index (κ2) is 4.39. The molecule has 1 aliphatic carbocycles. The predicted octanol–water partition coefficient (Wildman–Crippen LogP) is 3.12. The van der Waals surface area contributed by atoms with E-state index >= 15 is 0 Å². The monoisotopic (exact) mass is 256 g/mol. The summed E-state index contributed by atoms with van der Waals surface area (Å²) in [5.41, 5.74) is -0.351. The fraction of sp³-hybridized carbons (Fsp3) is 0.538. The molecule has 0 unspecified atom stereocenters. The van der Waals surface area contributed by atoms with E-state index < -0.39 is 5.60 Å². The predicted molar refractivity (Wildman–Crippen MR) is 66.9 cm³/mol. The van der Waals surface area contributed by atoms with Crippen molar-refractivity contribution in [2.75, 3.05) is 7.11 Å². The van der Waals surface area contributed by atoms with Gasteiger partial charge in [-0.05, 0) is 32.8 Å². The van der Waals surface area contributed by atoms with Crippen molar-refractivity contribution in [1.82, 2.24) is 0 Å². The van der Waals surface area contributed by atoms with Crippen LogP contribution in [0, 0.1) is 0 Å². The van der Waals surface area contributed by atoms with Gasteiger partial charge in [0.15, 0.2) is 11.5 Å². The van der Waals surface area contributed by atoms with Crippen LogP contribution in [0.25, 0.3) is 0 Å². The summed E-state index contributed by atoms with van der Waals surface area (Å²) in [7, 11) is 1.57. The Morgan fingerprint density at radius 3 is 2.47 bits per heavy atom. The lowest BCUT2D eigenvalue weighted by Gasteiger charge is -2.23. The molecule has 4 heteroatoms. The number of halogens is 1. The molecule has 94 valence electrons. The maximum Gasteiger partial charge on any atom is 0.167 e. The van der Waals surface area contributed by atoms with Gasteiger partial charge in [0.1, 0.15) is 0 Å². The van der Waals surface area contributed by atoms with Crippen molar-refractivity contribution in [3.8, 4) is 11.5 Å². The van der Waals surface area contributed by atoms with E-state index in [0.717, 1.165) is 12.8 Å². The first-order valence-corrected chi connectivity index (χ1v) is 6.06. The minimum absolute atomic E-state index is 0.242. The van der Waals surface area contributed by atoms with Crippen molar-refractivity contribution < 1.29 is 14.6 Å². The van der Waals surface area contributed by atoms with E-state index in [4.69, 9.17) is 21.1 Å². The molecule has 1 aromatic rings. The van der Waals surface area contributed by atoms with Gasteiger partial charge < -0.3 is 14.6 Å². The van der Waals surface area contributed by atoms with Crippen LogP contribution in [-0.4, -0.2) is 18.3 Å². The Morgan fingerprint density at radius 2 is 2.00 bits per heavy atom. The Morgan fingerprint density at radius 1 is 1.35 bits per heavy atom. The van der Waals surface area contributed by atoms with Crippen LogP contribution in [0.1, 0.15) is 32.3 Å². The summed E-state index contributed by atoms with van der Waals surface area (Å²) in [4.78, 5) is 0. The van der Waals surface area contributed by atoms with Crippen LogP contribution in [0.4, 0.5) is 0 Å². The highest BCUT2D eigenvalue weighted by Crippen LogP contribution is 2.42. The lowest BCUT2D eigenvalue weighted by Crippen LogP contribution is -2.18. The van der Waals surface area contributed by atoms with Gasteiger partial charge in [0.2, 0.25) is 0 Å². The van der Waals surface area contributed by atoms with Crippen molar-refractivity contribution in [3.63, 3.8) is 0 Å². The number of hydrogen-bond donors (Lipinski definition) is 1. The lowest BCUT2D eigenvalue weighted by molar-refractivity contribution is 0.0737. The summed E-state index contributed by atoms with van der Waals surface area (Å²) in [6.45, 7) is 3.41. The Hall–Kier alpha value is -0.930. The highest BCUT2D eigenvalue weighted by atomic mass is 35.5. The van der Waals surface area contributed by atoms with Gasteiger partial charge in [-0.25, -0.2) is 0 Å². The summed E-state index contributed by atoms with van der Waals surface area (Å²) in [5.74, 6) is 1.17. The molecule has 0 spiro atoms. The third-order valence-corrected chi connectivity index (χ3v) is 2.93. The maximum absolute atomic E-state index is 10.2. The van der Waals surface area contributed by atoms with Crippen LogP contribution < -0.4 is 9.47 Å². The molecule has 0 saturated heterocycles. The Kier molecular flexibility index (Phi) is 3.23. The lowest BCUT2D eigenvalue weighted by atomic mass is 9.97. The van der Waals surface area contributed by atoms with Gasteiger partial charge >= 0.3 is 0 Å².